The first kappa shape index (κ1) is 35.6. The van der Waals surface area contributed by atoms with Gasteiger partial charge in [0.1, 0.15) is 11.3 Å². The highest BCUT2D eigenvalue weighted by Gasteiger charge is 2.09. The molecule has 5 N–H and O–H groups in total. The number of nitrogens with one attached hydrogen (secondary N) is 1. The van der Waals surface area contributed by atoms with Gasteiger partial charge in [-0.25, -0.2) is 4.98 Å². The standard InChI is InChI=1S/C13H10INO2.C13H8INO.C7H8O3S.H2O/c14-10-7-5-9(6-8-10)13(17)15-11-3-1-2-4-12(11)16;14-10-7-5-9(6-8-10)13-15-11-3-1-2-4-12(11)16-13;1-6-2-4-7(5-3-6)11(8,9)10;/h1-8,16H,(H,15,17);1-8H;2-5H,1H3,(H,8,9,10);1H2. The Morgan fingerprint density at radius 2 is 1.33 bits per heavy atom. The van der Waals surface area contributed by atoms with Crippen LogP contribution >= 0.6 is 45.2 Å². The van der Waals surface area contributed by atoms with Crippen LogP contribution in [0.3, 0.4) is 0 Å². The molecule has 0 aliphatic carbocycles. The van der Waals surface area contributed by atoms with Gasteiger partial charge in [-0.05, 0) is 137 Å². The lowest BCUT2D eigenvalue weighted by atomic mass is 10.2. The largest absolute Gasteiger partial charge is 0.506 e. The summed E-state index contributed by atoms with van der Waals surface area (Å²) in [6.45, 7) is 1.84. The molecule has 0 aliphatic heterocycles. The Balaban J connectivity index is 0.000000186. The fourth-order valence-electron chi connectivity index (χ4n) is 3.67. The third-order valence-electron chi connectivity index (χ3n) is 5.96. The van der Waals surface area contributed by atoms with Gasteiger partial charge in [0, 0.05) is 18.3 Å². The molecule has 5 aromatic carbocycles. The molecule has 6 rings (SSSR count). The van der Waals surface area contributed by atoms with Crippen molar-refractivity contribution in [2.45, 2.75) is 11.8 Å². The number of carbonyl (C=O) groups is 1. The smallest absolute Gasteiger partial charge is 0.294 e. The first-order chi connectivity index (χ1) is 21.0. The van der Waals surface area contributed by atoms with Crippen molar-refractivity contribution in [1.29, 1.82) is 0 Å². The van der Waals surface area contributed by atoms with E-state index in [1.807, 2.05) is 67.6 Å². The van der Waals surface area contributed by atoms with Gasteiger partial charge in [-0.15, -0.1) is 0 Å². The number of aromatic nitrogens is 1. The van der Waals surface area contributed by atoms with Gasteiger partial charge in [-0.1, -0.05) is 42.0 Å². The molecule has 9 nitrogen and oxygen atoms in total. The van der Waals surface area contributed by atoms with Gasteiger partial charge >= 0.3 is 0 Å². The van der Waals surface area contributed by atoms with E-state index in [1.54, 1.807) is 42.5 Å². The van der Waals surface area contributed by atoms with E-state index in [2.05, 4.69) is 55.5 Å². The summed E-state index contributed by atoms with van der Waals surface area (Å²) < 4.78 is 37.5. The Kier molecular flexibility index (Phi) is 13.0. The van der Waals surface area contributed by atoms with E-state index < -0.39 is 10.1 Å². The number of carbonyl (C=O) groups excluding carboxylic acids is 1. The van der Waals surface area contributed by atoms with Gasteiger partial charge in [-0.3, -0.25) is 9.35 Å². The minimum absolute atomic E-state index is 0. The Morgan fingerprint density at radius 1 is 0.778 bits per heavy atom. The number of phenols is 1. The van der Waals surface area contributed by atoms with Gasteiger partial charge in [0.25, 0.3) is 16.0 Å². The van der Waals surface area contributed by atoms with E-state index in [1.165, 1.54) is 21.8 Å². The molecule has 6 aromatic rings. The summed E-state index contributed by atoms with van der Waals surface area (Å²) in [4.78, 5) is 16.2. The average molecular weight is 850 g/mol. The Bertz CT molecular complexity index is 1930. The van der Waals surface area contributed by atoms with E-state index >= 15 is 0 Å². The van der Waals surface area contributed by atoms with Crippen molar-refractivity contribution < 1.29 is 32.8 Å². The van der Waals surface area contributed by atoms with Gasteiger partial charge < -0.3 is 20.3 Å². The molecule has 45 heavy (non-hydrogen) atoms. The van der Waals surface area contributed by atoms with Crippen LogP contribution < -0.4 is 5.32 Å². The van der Waals surface area contributed by atoms with Crippen molar-refractivity contribution in [3.8, 4) is 17.2 Å². The molecule has 0 saturated carbocycles. The number of oxazole rings is 1. The van der Waals surface area contributed by atoms with Crippen LogP contribution in [0.4, 0.5) is 5.69 Å². The number of aryl methyl sites for hydroxylation is 1. The zero-order valence-electron chi connectivity index (χ0n) is 23.7. The molecule has 0 bridgehead atoms. The van der Waals surface area contributed by atoms with Crippen molar-refractivity contribution in [3.63, 3.8) is 0 Å². The number of anilines is 1. The van der Waals surface area contributed by atoms with Crippen molar-refractivity contribution in [2.75, 3.05) is 5.32 Å². The molecule has 1 amide bonds. The number of fused-ring (bicyclic) bond motifs is 1. The number of para-hydroxylation sites is 4. The molecule has 12 heteroatoms. The number of aromatic hydroxyl groups is 1. The minimum atomic E-state index is -4.02. The molecule has 0 aliphatic rings. The van der Waals surface area contributed by atoms with Crippen LogP contribution in [0.5, 0.6) is 5.75 Å². The van der Waals surface area contributed by atoms with Crippen LogP contribution in [-0.2, 0) is 10.1 Å². The predicted molar refractivity (Wildman–Crippen MR) is 192 cm³/mol. The van der Waals surface area contributed by atoms with Gasteiger partial charge in [0.2, 0.25) is 5.89 Å². The topological polar surface area (TPSA) is 161 Å². The summed E-state index contributed by atoms with van der Waals surface area (Å²) >= 11 is 4.46. The van der Waals surface area contributed by atoms with Gasteiger partial charge in [0.05, 0.1) is 10.6 Å². The quantitative estimate of drug-likeness (QED) is 0.0928. The maximum Gasteiger partial charge on any atom is 0.294 e. The number of hydrogen-bond acceptors (Lipinski definition) is 6. The third kappa shape index (κ3) is 10.6. The van der Waals surface area contributed by atoms with E-state index in [9.17, 15) is 18.3 Å². The number of phenolic OH excluding ortho intramolecular Hbond substituents is 1. The van der Waals surface area contributed by atoms with Crippen LogP contribution in [0.15, 0.2) is 131 Å². The first-order valence-corrected chi connectivity index (χ1v) is 16.6. The molecule has 0 atom stereocenters. The molecule has 232 valence electrons. The number of nitrogens with zero attached hydrogens (tertiary/aromatic N) is 1. The second-order valence-corrected chi connectivity index (χ2v) is 13.2. The molecule has 0 radical (unpaired) electrons. The van der Waals surface area contributed by atoms with Gasteiger partial charge in [-0.2, -0.15) is 8.42 Å². The molecule has 0 fully saturated rings. The first-order valence-electron chi connectivity index (χ1n) is 13.0. The van der Waals surface area contributed by atoms with Crippen molar-refractivity contribution in [3.05, 3.63) is 140 Å². The zero-order chi connectivity index (χ0) is 31.7. The monoisotopic (exact) mass is 850 g/mol. The Hall–Kier alpha value is -3.83. The lowest BCUT2D eigenvalue weighted by Gasteiger charge is -2.06. The van der Waals surface area contributed by atoms with E-state index in [0.29, 0.717) is 17.1 Å². The Labute approximate surface area is 287 Å². The highest BCUT2D eigenvalue weighted by molar-refractivity contribution is 14.1. The lowest BCUT2D eigenvalue weighted by molar-refractivity contribution is 0.102. The molecule has 0 unspecified atom stereocenters. The molecule has 0 saturated heterocycles. The van der Waals surface area contributed by atoms with Crippen LogP contribution in [0.1, 0.15) is 15.9 Å². The summed E-state index contributed by atoms with van der Waals surface area (Å²) in [5, 5.41) is 12.2. The SMILES string of the molecule is Cc1ccc(S(=O)(=O)O)cc1.Ic1ccc(-c2nc3ccccc3o2)cc1.O.O=C(Nc1ccccc1O)c1ccc(I)cc1. The molecular weight excluding hydrogens is 822 g/mol. The number of hydrogen-bond donors (Lipinski definition) is 3. The summed E-state index contributed by atoms with van der Waals surface area (Å²) in [6.07, 6.45) is 0. The minimum Gasteiger partial charge on any atom is -0.506 e. The van der Waals surface area contributed by atoms with Crippen molar-refractivity contribution in [2.24, 2.45) is 0 Å². The summed E-state index contributed by atoms with van der Waals surface area (Å²) in [5.41, 5.74) is 4.67. The lowest BCUT2D eigenvalue weighted by Crippen LogP contribution is -2.11. The maximum absolute atomic E-state index is 11.9. The van der Waals surface area contributed by atoms with Gasteiger partial charge in [0.15, 0.2) is 5.58 Å². The Morgan fingerprint density at radius 3 is 1.91 bits per heavy atom. The summed E-state index contributed by atoms with van der Waals surface area (Å²) in [6, 6.07) is 35.8. The number of amides is 1. The number of halogens is 2. The summed E-state index contributed by atoms with van der Waals surface area (Å²) in [7, 11) is -4.02. The highest BCUT2D eigenvalue weighted by atomic mass is 127. The highest BCUT2D eigenvalue weighted by Crippen LogP contribution is 2.25. The van der Waals surface area contributed by atoms with Crippen LogP contribution in [-0.4, -0.2) is 34.4 Å². The van der Waals surface area contributed by atoms with Crippen LogP contribution in [0.25, 0.3) is 22.6 Å². The molecule has 1 aromatic heterocycles. The fraction of sp³-hybridized carbons (Fsp3) is 0.0303. The van der Waals surface area contributed by atoms with Crippen LogP contribution in [0, 0.1) is 14.1 Å². The molecule has 0 spiro atoms. The van der Waals surface area contributed by atoms with E-state index in [-0.39, 0.29) is 22.0 Å². The van der Waals surface area contributed by atoms with Crippen molar-refractivity contribution in [1.82, 2.24) is 4.98 Å². The maximum atomic E-state index is 11.9. The van der Waals surface area contributed by atoms with E-state index in [4.69, 9.17) is 8.97 Å². The average Bonchev–Trinajstić information content (AvgIpc) is 3.44. The second-order valence-electron chi connectivity index (χ2n) is 9.26. The number of rotatable bonds is 4. The van der Waals surface area contributed by atoms with Crippen molar-refractivity contribution >= 4 is 78.0 Å². The summed E-state index contributed by atoms with van der Waals surface area (Å²) in [5.74, 6) is 0.506. The third-order valence-corrected chi connectivity index (χ3v) is 8.27. The second kappa shape index (κ2) is 16.5. The fourth-order valence-corrected chi connectivity index (χ4v) is 4.87. The van der Waals surface area contributed by atoms with Crippen LogP contribution in [0.2, 0.25) is 0 Å². The molecular formula is C33H28I2N2O7S. The molecule has 1 heterocycles. The van der Waals surface area contributed by atoms with E-state index in [0.717, 1.165) is 25.8 Å². The zero-order valence-corrected chi connectivity index (χ0v) is 28.8. The number of benzene rings is 5. The predicted octanol–water partition coefficient (Wildman–Crippen LogP) is 7.77. The normalized spacial score (nSPS) is 10.4.